The summed E-state index contributed by atoms with van der Waals surface area (Å²) >= 11 is 1.19. The van der Waals surface area contributed by atoms with E-state index in [0.717, 1.165) is 12.8 Å². The van der Waals surface area contributed by atoms with Gasteiger partial charge in [0, 0.05) is 11.4 Å². The highest BCUT2D eigenvalue weighted by molar-refractivity contribution is 7.13. The average Bonchev–Trinajstić information content (AvgIpc) is 2.97. The molecule has 0 aliphatic heterocycles. The van der Waals surface area contributed by atoms with Gasteiger partial charge in [-0.3, -0.25) is 9.59 Å². The third kappa shape index (κ3) is 3.16. The molecule has 0 bridgehead atoms. The van der Waals surface area contributed by atoms with E-state index in [1.165, 1.54) is 11.3 Å². The minimum atomic E-state index is -0.564. The predicted molar refractivity (Wildman–Crippen MR) is 64.6 cm³/mol. The summed E-state index contributed by atoms with van der Waals surface area (Å²) in [6.45, 7) is 1.64. The fraction of sp³-hybridized carbons (Fsp3) is 0.500. The highest BCUT2D eigenvalue weighted by atomic mass is 32.1. The molecule has 0 radical (unpaired) electrons. The van der Waals surface area contributed by atoms with Crippen LogP contribution < -0.4 is 16.4 Å². The lowest BCUT2D eigenvalue weighted by Crippen LogP contribution is -2.45. The number of nitrogens with zero attached hydrogens (tertiary/aromatic N) is 1. The van der Waals surface area contributed by atoms with E-state index in [2.05, 4.69) is 15.6 Å². The van der Waals surface area contributed by atoms with Crippen LogP contribution in [0.5, 0.6) is 0 Å². The molecule has 1 unspecified atom stereocenters. The molecule has 1 aromatic heterocycles. The van der Waals surface area contributed by atoms with E-state index in [4.69, 9.17) is 5.73 Å². The van der Waals surface area contributed by atoms with Crippen molar-refractivity contribution in [2.24, 2.45) is 0 Å². The second-order valence-corrected chi connectivity index (χ2v) is 4.94. The van der Waals surface area contributed by atoms with Crippen molar-refractivity contribution in [3.05, 3.63) is 11.1 Å². The van der Waals surface area contributed by atoms with Crippen LogP contribution in [-0.4, -0.2) is 28.9 Å². The summed E-state index contributed by atoms with van der Waals surface area (Å²) in [5.74, 6) is -0.541. The molecule has 0 spiro atoms. The van der Waals surface area contributed by atoms with E-state index >= 15 is 0 Å². The van der Waals surface area contributed by atoms with E-state index in [1.807, 2.05) is 0 Å². The molecule has 1 aromatic rings. The molecule has 92 valence electrons. The maximum absolute atomic E-state index is 11.7. The first kappa shape index (κ1) is 11.8. The molecule has 6 nitrogen and oxygen atoms in total. The summed E-state index contributed by atoms with van der Waals surface area (Å²) in [5.41, 5.74) is 5.68. The van der Waals surface area contributed by atoms with Gasteiger partial charge in [-0.25, -0.2) is 4.98 Å². The van der Waals surface area contributed by atoms with Crippen molar-refractivity contribution in [2.45, 2.75) is 31.8 Å². The fourth-order valence-electron chi connectivity index (χ4n) is 1.28. The molecule has 1 saturated carbocycles. The molecule has 0 aromatic carbocycles. The summed E-state index contributed by atoms with van der Waals surface area (Å²) < 4.78 is 0. The second kappa shape index (κ2) is 4.70. The van der Waals surface area contributed by atoms with Crippen LogP contribution in [0.1, 0.15) is 30.3 Å². The zero-order chi connectivity index (χ0) is 12.4. The number of hydrogen-bond donors (Lipinski definition) is 3. The van der Waals surface area contributed by atoms with E-state index < -0.39 is 6.04 Å². The van der Waals surface area contributed by atoms with Crippen LogP contribution in [0.25, 0.3) is 0 Å². The zero-order valence-electron chi connectivity index (χ0n) is 9.40. The van der Waals surface area contributed by atoms with Gasteiger partial charge < -0.3 is 16.4 Å². The van der Waals surface area contributed by atoms with Crippen molar-refractivity contribution in [3.63, 3.8) is 0 Å². The summed E-state index contributed by atoms with van der Waals surface area (Å²) in [4.78, 5) is 27.1. The minimum Gasteiger partial charge on any atom is -0.375 e. The molecule has 1 aliphatic carbocycles. The molecule has 7 heteroatoms. The number of nitrogens with two attached hydrogens (primary N) is 1. The number of nitrogens with one attached hydrogen (secondary N) is 2. The van der Waals surface area contributed by atoms with Gasteiger partial charge in [-0.1, -0.05) is 0 Å². The minimum absolute atomic E-state index is 0.163. The van der Waals surface area contributed by atoms with E-state index in [-0.39, 0.29) is 23.6 Å². The van der Waals surface area contributed by atoms with Crippen molar-refractivity contribution >= 4 is 28.3 Å². The van der Waals surface area contributed by atoms with Crippen molar-refractivity contribution in [2.75, 3.05) is 5.73 Å². The van der Waals surface area contributed by atoms with Gasteiger partial charge in [-0.05, 0) is 19.8 Å². The molecule has 2 amide bonds. The quantitative estimate of drug-likeness (QED) is 0.711. The summed E-state index contributed by atoms with van der Waals surface area (Å²) in [6, 6.07) is -0.275. The number of amides is 2. The van der Waals surface area contributed by atoms with Crippen LogP contribution in [0.3, 0.4) is 0 Å². The Morgan fingerprint density at radius 1 is 1.59 bits per heavy atom. The van der Waals surface area contributed by atoms with Gasteiger partial charge in [0.05, 0.1) is 0 Å². The van der Waals surface area contributed by atoms with Crippen LogP contribution in [0.15, 0.2) is 5.38 Å². The molecule has 1 atom stereocenters. The Labute approximate surface area is 103 Å². The first-order chi connectivity index (χ1) is 8.06. The van der Waals surface area contributed by atoms with Gasteiger partial charge in [0.25, 0.3) is 5.91 Å². The second-order valence-electron chi connectivity index (χ2n) is 4.05. The third-order valence-corrected chi connectivity index (χ3v) is 3.09. The van der Waals surface area contributed by atoms with Crippen LogP contribution in [0.2, 0.25) is 0 Å². The van der Waals surface area contributed by atoms with Gasteiger partial charge in [-0.15, -0.1) is 11.3 Å². The SMILES string of the molecule is CC(NC(=O)c1csc(N)n1)C(=O)NC1CC1. The molecule has 2 rings (SSSR count). The van der Waals surface area contributed by atoms with Crippen LogP contribution in [0.4, 0.5) is 5.13 Å². The van der Waals surface area contributed by atoms with E-state index in [9.17, 15) is 9.59 Å². The third-order valence-electron chi connectivity index (χ3n) is 2.42. The fourth-order valence-corrected chi connectivity index (χ4v) is 1.83. The lowest BCUT2D eigenvalue weighted by molar-refractivity contribution is -0.122. The molecular weight excluding hydrogens is 240 g/mol. The molecule has 17 heavy (non-hydrogen) atoms. The highest BCUT2D eigenvalue weighted by Gasteiger charge is 2.26. The Kier molecular flexibility index (Phi) is 3.28. The van der Waals surface area contributed by atoms with Crippen molar-refractivity contribution in [1.29, 1.82) is 0 Å². The predicted octanol–water partition coefficient (Wildman–Crippen LogP) is 0.122. The number of carbonyl (C=O) groups is 2. The number of carbonyl (C=O) groups excluding carboxylic acids is 2. The maximum atomic E-state index is 11.7. The van der Waals surface area contributed by atoms with Gasteiger partial charge in [0.2, 0.25) is 5.91 Å². The lowest BCUT2D eigenvalue weighted by atomic mass is 10.3. The van der Waals surface area contributed by atoms with Crippen LogP contribution >= 0.6 is 11.3 Å². The zero-order valence-corrected chi connectivity index (χ0v) is 10.2. The van der Waals surface area contributed by atoms with E-state index in [1.54, 1.807) is 12.3 Å². The molecular formula is C10H14N4O2S. The standard InChI is InChI=1S/C10H14N4O2S/c1-5(8(15)13-6-2-3-6)12-9(16)7-4-17-10(11)14-7/h4-6H,2-3H2,1H3,(H2,11,14)(H,12,16)(H,13,15). The maximum Gasteiger partial charge on any atom is 0.271 e. The summed E-state index contributed by atoms with van der Waals surface area (Å²) in [7, 11) is 0. The Balaban J connectivity index is 1.86. The Morgan fingerprint density at radius 2 is 2.29 bits per heavy atom. The van der Waals surface area contributed by atoms with Crippen molar-refractivity contribution < 1.29 is 9.59 Å². The van der Waals surface area contributed by atoms with Crippen molar-refractivity contribution in [1.82, 2.24) is 15.6 Å². The number of anilines is 1. The van der Waals surface area contributed by atoms with Gasteiger partial charge in [0.15, 0.2) is 5.13 Å². The summed E-state index contributed by atoms with van der Waals surface area (Å²) in [5, 5.41) is 7.30. The smallest absolute Gasteiger partial charge is 0.271 e. The number of aromatic nitrogens is 1. The first-order valence-corrected chi connectivity index (χ1v) is 6.26. The van der Waals surface area contributed by atoms with Crippen molar-refractivity contribution in [3.8, 4) is 0 Å². The Hall–Kier alpha value is -1.63. The molecule has 1 aliphatic rings. The molecule has 4 N–H and O–H groups in total. The monoisotopic (exact) mass is 254 g/mol. The largest absolute Gasteiger partial charge is 0.375 e. The van der Waals surface area contributed by atoms with Crippen LogP contribution in [0, 0.1) is 0 Å². The first-order valence-electron chi connectivity index (χ1n) is 5.38. The lowest BCUT2D eigenvalue weighted by Gasteiger charge is -2.12. The topological polar surface area (TPSA) is 97.1 Å². The number of hydrogen-bond acceptors (Lipinski definition) is 5. The molecule has 0 saturated heterocycles. The number of thiazole rings is 1. The number of rotatable bonds is 4. The average molecular weight is 254 g/mol. The summed E-state index contributed by atoms with van der Waals surface area (Å²) in [6.07, 6.45) is 2.05. The van der Waals surface area contributed by atoms with Gasteiger partial charge >= 0.3 is 0 Å². The van der Waals surface area contributed by atoms with E-state index in [0.29, 0.717) is 5.13 Å². The van der Waals surface area contributed by atoms with Gasteiger partial charge in [0.1, 0.15) is 11.7 Å². The molecule has 1 heterocycles. The normalized spacial score (nSPS) is 16.3. The Morgan fingerprint density at radius 3 is 2.82 bits per heavy atom. The number of nitrogen functional groups attached to an aromatic ring is 1. The highest BCUT2D eigenvalue weighted by Crippen LogP contribution is 2.18. The van der Waals surface area contributed by atoms with Crippen LogP contribution in [-0.2, 0) is 4.79 Å². The Bertz CT molecular complexity index is 441. The molecule has 1 fully saturated rings. The van der Waals surface area contributed by atoms with Gasteiger partial charge in [-0.2, -0.15) is 0 Å².